The highest BCUT2D eigenvalue weighted by atomic mass is 16.5. The number of hydrogen-bond acceptors (Lipinski definition) is 3. The van der Waals surface area contributed by atoms with Crippen molar-refractivity contribution in [1.82, 2.24) is 4.90 Å². The fourth-order valence-corrected chi connectivity index (χ4v) is 1.01. The Labute approximate surface area is 86.0 Å². The molecule has 1 atom stereocenters. The van der Waals surface area contributed by atoms with Gasteiger partial charge in [-0.25, -0.2) is 4.79 Å². The lowest BCUT2D eigenvalue weighted by atomic mass is 10.0. The lowest BCUT2D eigenvalue weighted by Gasteiger charge is -2.13. The van der Waals surface area contributed by atoms with Crippen LogP contribution in [0.3, 0.4) is 0 Å². The Kier molecular flexibility index (Phi) is 5.92. The predicted octanol–water partition coefficient (Wildman–Crippen LogP) is 1.16. The molecule has 0 radical (unpaired) electrons. The number of esters is 1. The summed E-state index contributed by atoms with van der Waals surface area (Å²) >= 11 is 0. The standard InChI is InChI=1S/C10H20N2O2/c1-8(2)6-9(10(13)14-5)11-7-12(3)4/h7-9H,6H2,1-5H3. The van der Waals surface area contributed by atoms with E-state index in [-0.39, 0.29) is 12.0 Å². The molecule has 0 heterocycles. The first-order chi connectivity index (χ1) is 6.47. The van der Waals surface area contributed by atoms with Crippen molar-refractivity contribution in [2.24, 2.45) is 10.9 Å². The third-order valence-corrected chi connectivity index (χ3v) is 1.65. The Morgan fingerprint density at radius 2 is 2.07 bits per heavy atom. The van der Waals surface area contributed by atoms with Crippen LogP contribution in [0.4, 0.5) is 0 Å². The van der Waals surface area contributed by atoms with E-state index < -0.39 is 0 Å². The second kappa shape index (κ2) is 6.40. The van der Waals surface area contributed by atoms with E-state index in [2.05, 4.69) is 23.6 Å². The van der Waals surface area contributed by atoms with Crippen molar-refractivity contribution < 1.29 is 9.53 Å². The van der Waals surface area contributed by atoms with Gasteiger partial charge in [-0.1, -0.05) is 13.8 Å². The minimum atomic E-state index is -0.373. The van der Waals surface area contributed by atoms with Gasteiger partial charge in [-0.2, -0.15) is 0 Å². The molecule has 0 rings (SSSR count). The molecular weight excluding hydrogens is 180 g/mol. The van der Waals surface area contributed by atoms with Crippen molar-refractivity contribution in [1.29, 1.82) is 0 Å². The number of hydrogen-bond donors (Lipinski definition) is 0. The van der Waals surface area contributed by atoms with Crippen LogP contribution >= 0.6 is 0 Å². The fraction of sp³-hybridized carbons (Fsp3) is 0.800. The van der Waals surface area contributed by atoms with E-state index in [9.17, 15) is 4.79 Å². The van der Waals surface area contributed by atoms with Crippen LogP contribution in [0.1, 0.15) is 20.3 Å². The van der Waals surface area contributed by atoms with E-state index in [4.69, 9.17) is 0 Å². The summed E-state index contributed by atoms with van der Waals surface area (Å²) in [5, 5.41) is 0. The average Bonchev–Trinajstić information content (AvgIpc) is 2.10. The lowest BCUT2D eigenvalue weighted by Crippen LogP contribution is -2.24. The largest absolute Gasteiger partial charge is 0.467 e. The first-order valence-corrected chi connectivity index (χ1v) is 4.75. The monoisotopic (exact) mass is 200 g/mol. The summed E-state index contributed by atoms with van der Waals surface area (Å²) in [5.41, 5.74) is 0. The molecule has 4 heteroatoms. The second-order valence-electron chi connectivity index (χ2n) is 3.90. The maximum Gasteiger partial charge on any atom is 0.330 e. The minimum Gasteiger partial charge on any atom is -0.467 e. The van der Waals surface area contributed by atoms with E-state index in [0.717, 1.165) is 6.42 Å². The SMILES string of the molecule is COC(=O)C(CC(C)C)N=CN(C)C. The van der Waals surface area contributed by atoms with Gasteiger partial charge >= 0.3 is 5.97 Å². The van der Waals surface area contributed by atoms with Gasteiger partial charge in [0.25, 0.3) is 0 Å². The molecule has 0 aliphatic carbocycles. The number of nitrogens with zero attached hydrogens (tertiary/aromatic N) is 2. The topological polar surface area (TPSA) is 41.9 Å². The normalized spacial score (nSPS) is 13.3. The van der Waals surface area contributed by atoms with E-state index in [1.807, 2.05) is 14.1 Å². The van der Waals surface area contributed by atoms with Crippen molar-refractivity contribution in [2.45, 2.75) is 26.3 Å². The Balaban J connectivity index is 4.32. The third-order valence-electron chi connectivity index (χ3n) is 1.65. The van der Waals surface area contributed by atoms with Crippen LogP contribution in [0.2, 0.25) is 0 Å². The molecule has 0 N–H and O–H groups in total. The van der Waals surface area contributed by atoms with Crippen molar-refractivity contribution in [3.8, 4) is 0 Å². The zero-order chi connectivity index (χ0) is 11.1. The molecule has 0 spiro atoms. The summed E-state index contributed by atoms with van der Waals surface area (Å²) in [7, 11) is 5.13. The summed E-state index contributed by atoms with van der Waals surface area (Å²) in [6, 6.07) is -0.373. The number of aliphatic imine (C=N–C) groups is 1. The van der Waals surface area contributed by atoms with Crippen molar-refractivity contribution in [3.63, 3.8) is 0 Å². The van der Waals surface area contributed by atoms with Gasteiger partial charge in [0.05, 0.1) is 13.4 Å². The van der Waals surface area contributed by atoms with E-state index >= 15 is 0 Å². The molecule has 4 nitrogen and oxygen atoms in total. The van der Waals surface area contributed by atoms with Gasteiger partial charge in [-0.3, -0.25) is 4.99 Å². The first-order valence-electron chi connectivity index (χ1n) is 4.75. The Bertz CT molecular complexity index is 200. The molecule has 0 aromatic carbocycles. The minimum absolute atomic E-state index is 0.267. The molecule has 0 aromatic rings. The summed E-state index contributed by atoms with van der Waals surface area (Å²) in [6.07, 6.45) is 2.36. The van der Waals surface area contributed by atoms with Gasteiger partial charge in [0.15, 0.2) is 0 Å². The van der Waals surface area contributed by atoms with Crippen LogP contribution in [0, 0.1) is 5.92 Å². The van der Waals surface area contributed by atoms with Crippen molar-refractivity contribution in [2.75, 3.05) is 21.2 Å². The quantitative estimate of drug-likeness (QED) is 0.380. The van der Waals surface area contributed by atoms with Gasteiger partial charge in [0.1, 0.15) is 6.04 Å². The lowest BCUT2D eigenvalue weighted by molar-refractivity contribution is -0.142. The molecular formula is C10H20N2O2. The Morgan fingerprint density at radius 1 is 1.50 bits per heavy atom. The number of rotatable bonds is 5. The Hall–Kier alpha value is -1.06. The summed E-state index contributed by atoms with van der Waals surface area (Å²) in [6.45, 7) is 4.11. The second-order valence-corrected chi connectivity index (χ2v) is 3.90. The fourth-order valence-electron chi connectivity index (χ4n) is 1.01. The van der Waals surface area contributed by atoms with Crippen LogP contribution in [-0.4, -0.2) is 44.5 Å². The smallest absolute Gasteiger partial charge is 0.330 e. The molecule has 0 aliphatic heterocycles. The number of ether oxygens (including phenoxy) is 1. The molecule has 14 heavy (non-hydrogen) atoms. The van der Waals surface area contributed by atoms with Gasteiger partial charge in [0.2, 0.25) is 0 Å². The molecule has 0 aromatic heterocycles. The summed E-state index contributed by atoms with van der Waals surface area (Å²) in [4.78, 5) is 17.3. The maximum absolute atomic E-state index is 11.3. The molecule has 0 aliphatic rings. The summed E-state index contributed by atoms with van der Waals surface area (Å²) in [5.74, 6) is 0.162. The van der Waals surface area contributed by atoms with Crippen LogP contribution in [0.25, 0.3) is 0 Å². The zero-order valence-electron chi connectivity index (χ0n) is 9.65. The van der Waals surface area contributed by atoms with Crippen molar-refractivity contribution >= 4 is 12.3 Å². The molecule has 0 bridgehead atoms. The van der Waals surface area contributed by atoms with Gasteiger partial charge in [-0.05, 0) is 12.3 Å². The Morgan fingerprint density at radius 3 is 2.43 bits per heavy atom. The number of carbonyl (C=O) groups is 1. The third kappa shape index (κ3) is 5.56. The van der Waals surface area contributed by atoms with E-state index in [0.29, 0.717) is 5.92 Å². The highest BCUT2D eigenvalue weighted by Gasteiger charge is 2.18. The molecule has 82 valence electrons. The van der Waals surface area contributed by atoms with Gasteiger partial charge in [-0.15, -0.1) is 0 Å². The van der Waals surface area contributed by atoms with Crippen molar-refractivity contribution in [3.05, 3.63) is 0 Å². The van der Waals surface area contributed by atoms with Crippen LogP contribution < -0.4 is 0 Å². The average molecular weight is 200 g/mol. The number of methoxy groups -OCH3 is 1. The first kappa shape index (κ1) is 12.9. The molecule has 0 amide bonds. The van der Waals surface area contributed by atoms with Crippen LogP contribution in [-0.2, 0) is 9.53 Å². The highest BCUT2D eigenvalue weighted by molar-refractivity contribution is 5.77. The zero-order valence-corrected chi connectivity index (χ0v) is 9.65. The van der Waals surface area contributed by atoms with E-state index in [1.54, 1.807) is 11.2 Å². The molecule has 0 fully saturated rings. The van der Waals surface area contributed by atoms with Crippen LogP contribution in [0.15, 0.2) is 4.99 Å². The predicted molar refractivity (Wildman–Crippen MR) is 57.4 cm³/mol. The molecule has 1 unspecified atom stereocenters. The van der Waals surface area contributed by atoms with Gasteiger partial charge in [0, 0.05) is 14.1 Å². The summed E-state index contributed by atoms with van der Waals surface area (Å²) < 4.78 is 4.67. The number of carbonyl (C=O) groups excluding carboxylic acids is 1. The van der Waals surface area contributed by atoms with E-state index in [1.165, 1.54) is 7.11 Å². The highest BCUT2D eigenvalue weighted by Crippen LogP contribution is 2.09. The molecule has 0 saturated carbocycles. The molecule has 0 saturated heterocycles. The maximum atomic E-state index is 11.3. The van der Waals surface area contributed by atoms with Gasteiger partial charge < -0.3 is 9.64 Å². The van der Waals surface area contributed by atoms with Crippen LogP contribution in [0.5, 0.6) is 0 Å².